The molecule has 2 spiro atoms. The van der Waals surface area contributed by atoms with Gasteiger partial charge >= 0.3 is 0 Å². The number of fused-ring (bicyclic) bond motifs is 2. The molecule has 0 N–H and O–H groups in total. The van der Waals surface area contributed by atoms with E-state index in [4.69, 9.17) is 4.74 Å². The Morgan fingerprint density at radius 3 is 2.18 bits per heavy atom. The zero-order chi connectivity index (χ0) is 24.0. The Bertz CT molecular complexity index is 796. The molecule has 0 bridgehead atoms. The molecule has 5 aliphatic rings. The van der Waals surface area contributed by atoms with Crippen molar-refractivity contribution < 1.29 is 4.74 Å². The van der Waals surface area contributed by atoms with Gasteiger partial charge in [-0.05, 0) is 134 Å². The topological polar surface area (TPSA) is 9.23 Å². The van der Waals surface area contributed by atoms with E-state index in [0.717, 1.165) is 23.7 Å². The van der Waals surface area contributed by atoms with Crippen molar-refractivity contribution >= 4 is 0 Å². The molecule has 10 atom stereocenters. The summed E-state index contributed by atoms with van der Waals surface area (Å²) in [5.41, 5.74) is 4.14. The quantitative estimate of drug-likeness (QED) is 0.364. The van der Waals surface area contributed by atoms with E-state index < -0.39 is 0 Å². The van der Waals surface area contributed by atoms with Crippen LogP contribution >= 0.6 is 0 Å². The summed E-state index contributed by atoms with van der Waals surface area (Å²) in [6, 6.07) is 0. The number of methoxy groups -OCH3 is 1. The minimum atomic E-state index is 0.343. The molecule has 5 fully saturated rings. The van der Waals surface area contributed by atoms with Crippen LogP contribution < -0.4 is 0 Å². The van der Waals surface area contributed by atoms with Gasteiger partial charge in [-0.2, -0.15) is 0 Å². The molecule has 0 aromatic rings. The van der Waals surface area contributed by atoms with Crippen molar-refractivity contribution in [3.63, 3.8) is 0 Å². The molecule has 0 radical (unpaired) electrons. The Balaban J connectivity index is 1.38. The minimum Gasteiger partial charge on any atom is -0.381 e. The van der Waals surface area contributed by atoms with E-state index in [2.05, 4.69) is 55.0 Å². The van der Waals surface area contributed by atoms with Crippen LogP contribution in [0.2, 0.25) is 0 Å². The predicted molar refractivity (Wildman–Crippen MR) is 140 cm³/mol. The van der Waals surface area contributed by atoms with Crippen molar-refractivity contribution in [2.45, 2.75) is 125 Å². The molecule has 188 valence electrons. The first kappa shape index (κ1) is 24.4. The van der Waals surface area contributed by atoms with Gasteiger partial charge in [0.25, 0.3) is 0 Å². The molecule has 1 heteroatoms. The summed E-state index contributed by atoms with van der Waals surface area (Å²) in [7, 11) is 1.96. The third-order valence-corrected chi connectivity index (χ3v) is 14.0. The molecule has 4 unspecified atom stereocenters. The van der Waals surface area contributed by atoms with Gasteiger partial charge in [-0.1, -0.05) is 53.7 Å². The summed E-state index contributed by atoms with van der Waals surface area (Å²) in [4.78, 5) is 0. The average molecular weight is 455 g/mol. The van der Waals surface area contributed by atoms with Crippen molar-refractivity contribution in [2.75, 3.05) is 7.11 Å². The predicted octanol–water partition coefficient (Wildman–Crippen LogP) is 9.07. The first-order valence-corrected chi connectivity index (χ1v) is 14.6. The Kier molecular flexibility index (Phi) is 5.62. The lowest BCUT2D eigenvalue weighted by molar-refractivity contribution is -0.166. The first-order chi connectivity index (χ1) is 15.4. The van der Waals surface area contributed by atoms with E-state index in [1.807, 2.05) is 7.11 Å². The van der Waals surface area contributed by atoms with Crippen molar-refractivity contribution in [3.05, 3.63) is 12.2 Å². The molecule has 0 aromatic heterocycles. The first-order valence-electron chi connectivity index (χ1n) is 14.6. The van der Waals surface area contributed by atoms with E-state index in [0.29, 0.717) is 39.1 Å². The van der Waals surface area contributed by atoms with Crippen LogP contribution in [-0.2, 0) is 4.74 Å². The highest BCUT2D eigenvalue weighted by atomic mass is 16.5. The number of rotatable bonds is 6. The van der Waals surface area contributed by atoms with Gasteiger partial charge < -0.3 is 4.74 Å². The standard InChI is InChI=1S/C32H54O/c1-21(2)22(3)10-11-23(4)24-14-16-30(8)26-13-12-25-28(5,6)27(33-9)15-17-31(25)20-32(26,31)19-18-29(24,30)7/h22-27H,1,10-20H2,2-9H3/t22?,23-,24-,25?,26+,27?,29-,30+,31-,32?/m1/s1. The van der Waals surface area contributed by atoms with E-state index in [-0.39, 0.29) is 0 Å². The summed E-state index contributed by atoms with van der Waals surface area (Å²) in [6.07, 6.45) is 16.4. The molecule has 5 rings (SSSR count). The summed E-state index contributed by atoms with van der Waals surface area (Å²) in [6.45, 7) is 22.0. The van der Waals surface area contributed by atoms with Crippen LogP contribution in [0.1, 0.15) is 119 Å². The Morgan fingerprint density at radius 1 is 0.848 bits per heavy atom. The van der Waals surface area contributed by atoms with E-state index in [1.54, 1.807) is 6.42 Å². The van der Waals surface area contributed by atoms with Crippen molar-refractivity contribution in [1.82, 2.24) is 0 Å². The van der Waals surface area contributed by atoms with Crippen LogP contribution in [0.25, 0.3) is 0 Å². The highest BCUT2D eigenvalue weighted by Crippen LogP contribution is 2.89. The molecule has 0 aromatic carbocycles. The summed E-state index contributed by atoms with van der Waals surface area (Å²) >= 11 is 0. The summed E-state index contributed by atoms with van der Waals surface area (Å²) < 4.78 is 6.05. The van der Waals surface area contributed by atoms with Crippen LogP contribution in [-0.4, -0.2) is 13.2 Å². The molecular formula is C32H54O. The smallest absolute Gasteiger partial charge is 0.0625 e. The lowest BCUT2D eigenvalue weighted by Crippen LogP contribution is -2.57. The van der Waals surface area contributed by atoms with Crippen LogP contribution in [0, 0.1) is 56.7 Å². The van der Waals surface area contributed by atoms with E-state index >= 15 is 0 Å². The molecule has 0 aliphatic heterocycles. The van der Waals surface area contributed by atoms with Gasteiger partial charge in [0.05, 0.1) is 6.10 Å². The summed E-state index contributed by atoms with van der Waals surface area (Å²) in [5.74, 6) is 4.31. The molecule has 0 heterocycles. The fourth-order valence-corrected chi connectivity index (χ4v) is 11.7. The molecule has 0 saturated heterocycles. The van der Waals surface area contributed by atoms with Crippen LogP contribution in [0.5, 0.6) is 0 Å². The molecule has 0 amide bonds. The number of ether oxygens (including phenoxy) is 1. The van der Waals surface area contributed by atoms with Gasteiger partial charge in [0.2, 0.25) is 0 Å². The van der Waals surface area contributed by atoms with Crippen molar-refractivity contribution in [2.24, 2.45) is 56.7 Å². The van der Waals surface area contributed by atoms with Gasteiger partial charge in [0.15, 0.2) is 0 Å². The van der Waals surface area contributed by atoms with E-state index in [1.165, 1.54) is 69.8 Å². The Labute approximate surface area is 205 Å². The second-order valence-corrected chi connectivity index (χ2v) is 15.0. The van der Waals surface area contributed by atoms with Crippen LogP contribution in [0.3, 0.4) is 0 Å². The van der Waals surface area contributed by atoms with Gasteiger partial charge in [-0.25, -0.2) is 0 Å². The molecule has 1 nitrogen and oxygen atoms in total. The molecule has 5 saturated carbocycles. The van der Waals surface area contributed by atoms with Gasteiger partial charge in [0, 0.05) is 7.11 Å². The molecule has 5 aliphatic carbocycles. The number of allylic oxidation sites excluding steroid dienone is 1. The number of hydrogen-bond donors (Lipinski definition) is 0. The van der Waals surface area contributed by atoms with Crippen LogP contribution in [0.4, 0.5) is 0 Å². The fourth-order valence-electron chi connectivity index (χ4n) is 11.7. The normalized spacial score (nSPS) is 51.5. The second-order valence-electron chi connectivity index (χ2n) is 15.0. The SMILES string of the molecule is C=C(C)C(C)CC[C@@H](C)[C@H]1CC[C@@]2(C)[C@@H]3CCC4C(C)(C)C(OC)CC[C@@]45CC35CC[C@]12C. The van der Waals surface area contributed by atoms with Crippen LogP contribution in [0.15, 0.2) is 12.2 Å². The van der Waals surface area contributed by atoms with Gasteiger partial charge in [-0.3, -0.25) is 0 Å². The maximum absolute atomic E-state index is 6.05. The third kappa shape index (κ3) is 2.99. The largest absolute Gasteiger partial charge is 0.381 e. The maximum Gasteiger partial charge on any atom is 0.0625 e. The second kappa shape index (κ2) is 7.60. The lowest BCUT2D eigenvalue weighted by atomic mass is 9.41. The van der Waals surface area contributed by atoms with Gasteiger partial charge in [0.1, 0.15) is 0 Å². The number of hydrogen-bond acceptors (Lipinski definition) is 1. The lowest BCUT2D eigenvalue weighted by Gasteiger charge is -2.63. The zero-order valence-electron chi connectivity index (χ0n) is 23.4. The highest BCUT2D eigenvalue weighted by molar-refractivity contribution is 5.30. The third-order valence-electron chi connectivity index (χ3n) is 14.0. The van der Waals surface area contributed by atoms with Crippen molar-refractivity contribution in [3.8, 4) is 0 Å². The minimum absolute atomic E-state index is 0.343. The monoisotopic (exact) mass is 454 g/mol. The molecular weight excluding hydrogens is 400 g/mol. The van der Waals surface area contributed by atoms with Gasteiger partial charge in [-0.15, -0.1) is 0 Å². The fraction of sp³-hybridized carbons (Fsp3) is 0.938. The Hall–Kier alpha value is -0.300. The maximum atomic E-state index is 6.05. The highest BCUT2D eigenvalue weighted by Gasteiger charge is 2.82. The summed E-state index contributed by atoms with van der Waals surface area (Å²) in [5, 5.41) is 0. The molecule has 33 heavy (non-hydrogen) atoms. The zero-order valence-corrected chi connectivity index (χ0v) is 23.4. The van der Waals surface area contributed by atoms with Crippen molar-refractivity contribution in [1.29, 1.82) is 0 Å². The average Bonchev–Trinajstić information content (AvgIpc) is 3.33. The Morgan fingerprint density at radius 2 is 1.52 bits per heavy atom. The van der Waals surface area contributed by atoms with E-state index in [9.17, 15) is 0 Å².